The number of nitrogens with zero attached hydrogens (tertiary/aromatic N) is 4. The lowest BCUT2D eigenvalue weighted by atomic mass is 10.2. The van der Waals surface area contributed by atoms with E-state index in [2.05, 4.69) is 14.5 Å². The molecule has 0 N–H and O–H groups in total. The SMILES string of the molecule is CC(=O)SCCCCCCn1ccnc1-c1nccn1C. The highest BCUT2D eigenvalue weighted by Crippen LogP contribution is 2.16. The van der Waals surface area contributed by atoms with Gasteiger partial charge in [0.05, 0.1) is 0 Å². The van der Waals surface area contributed by atoms with Gasteiger partial charge in [0.25, 0.3) is 0 Å². The molecule has 0 spiro atoms. The van der Waals surface area contributed by atoms with E-state index >= 15 is 0 Å². The standard InChI is InChI=1S/C15H22N4OS/c1-13(20)21-12-6-4-3-5-9-19-11-8-17-15(19)14-16-7-10-18(14)2/h7-8,10-11H,3-6,9,12H2,1-2H3. The molecular formula is C15H22N4OS. The third-order valence-corrected chi connectivity index (χ3v) is 4.23. The number of imidazole rings is 2. The van der Waals surface area contributed by atoms with E-state index in [-0.39, 0.29) is 5.12 Å². The molecule has 0 amide bonds. The maximum absolute atomic E-state index is 10.8. The molecule has 2 aromatic rings. The molecule has 0 aliphatic rings. The summed E-state index contributed by atoms with van der Waals surface area (Å²) in [5.74, 6) is 2.77. The minimum Gasteiger partial charge on any atom is -0.331 e. The lowest BCUT2D eigenvalue weighted by Gasteiger charge is -2.07. The first-order chi connectivity index (χ1) is 10.2. The summed E-state index contributed by atoms with van der Waals surface area (Å²) in [4.78, 5) is 19.6. The van der Waals surface area contributed by atoms with Gasteiger partial charge in [-0.2, -0.15) is 0 Å². The van der Waals surface area contributed by atoms with E-state index in [9.17, 15) is 4.79 Å². The van der Waals surface area contributed by atoms with Crippen LogP contribution in [0.15, 0.2) is 24.8 Å². The van der Waals surface area contributed by atoms with E-state index < -0.39 is 0 Å². The fourth-order valence-corrected chi connectivity index (χ4v) is 2.87. The van der Waals surface area contributed by atoms with E-state index in [1.54, 1.807) is 13.1 Å². The van der Waals surface area contributed by atoms with Crippen LogP contribution in [-0.4, -0.2) is 30.0 Å². The van der Waals surface area contributed by atoms with Gasteiger partial charge in [-0.25, -0.2) is 9.97 Å². The van der Waals surface area contributed by atoms with Crippen molar-refractivity contribution in [1.82, 2.24) is 19.1 Å². The molecule has 0 aromatic carbocycles. The van der Waals surface area contributed by atoms with Crippen molar-refractivity contribution in [2.45, 2.75) is 39.2 Å². The quantitative estimate of drug-likeness (QED) is 0.703. The molecule has 0 atom stereocenters. The largest absolute Gasteiger partial charge is 0.331 e. The zero-order valence-electron chi connectivity index (χ0n) is 12.7. The number of rotatable bonds is 8. The summed E-state index contributed by atoms with van der Waals surface area (Å²) < 4.78 is 4.14. The molecule has 5 nitrogen and oxygen atoms in total. The van der Waals surface area contributed by atoms with Gasteiger partial charge in [0.2, 0.25) is 0 Å². The van der Waals surface area contributed by atoms with Crippen molar-refractivity contribution in [3.05, 3.63) is 24.8 Å². The Morgan fingerprint density at radius 3 is 2.52 bits per heavy atom. The number of thioether (sulfide) groups is 1. The number of carbonyl (C=O) groups is 1. The molecule has 0 radical (unpaired) electrons. The van der Waals surface area contributed by atoms with Gasteiger partial charge in [-0.05, 0) is 12.8 Å². The molecule has 21 heavy (non-hydrogen) atoms. The molecule has 0 aliphatic heterocycles. The molecule has 0 unspecified atom stereocenters. The van der Waals surface area contributed by atoms with Gasteiger partial charge in [0, 0.05) is 51.1 Å². The molecule has 2 rings (SSSR count). The second-order valence-electron chi connectivity index (χ2n) is 5.06. The second kappa shape index (κ2) is 8.02. The Morgan fingerprint density at radius 2 is 1.81 bits per heavy atom. The van der Waals surface area contributed by atoms with Crippen LogP contribution in [0.4, 0.5) is 0 Å². The summed E-state index contributed by atoms with van der Waals surface area (Å²) in [5, 5.41) is 0.216. The van der Waals surface area contributed by atoms with Crippen molar-refractivity contribution in [3.8, 4) is 11.6 Å². The Hall–Kier alpha value is -1.56. The molecule has 6 heteroatoms. The predicted molar refractivity (Wildman–Crippen MR) is 86.0 cm³/mol. The highest BCUT2D eigenvalue weighted by molar-refractivity contribution is 8.13. The number of unbranched alkanes of at least 4 members (excludes halogenated alkanes) is 3. The third kappa shape index (κ3) is 4.74. The first-order valence-electron chi connectivity index (χ1n) is 7.30. The van der Waals surface area contributed by atoms with E-state index in [0.717, 1.165) is 36.8 Å². The third-order valence-electron chi connectivity index (χ3n) is 3.34. The summed E-state index contributed by atoms with van der Waals surface area (Å²) in [6.07, 6.45) is 12.1. The molecule has 0 fully saturated rings. The van der Waals surface area contributed by atoms with Crippen LogP contribution in [0.2, 0.25) is 0 Å². The van der Waals surface area contributed by atoms with E-state index in [1.807, 2.05) is 30.2 Å². The number of hydrogen-bond acceptors (Lipinski definition) is 4. The molecule has 2 heterocycles. The minimum absolute atomic E-state index is 0.216. The van der Waals surface area contributed by atoms with Gasteiger partial charge in [-0.3, -0.25) is 4.79 Å². The smallest absolute Gasteiger partial charge is 0.185 e. The zero-order chi connectivity index (χ0) is 15.1. The second-order valence-corrected chi connectivity index (χ2v) is 6.33. The van der Waals surface area contributed by atoms with Crippen molar-refractivity contribution < 1.29 is 4.79 Å². The monoisotopic (exact) mass is 306 g/mol. The molecular weight excluding hydrogens is 284 g/mol. The van der Waals surface area contributed by atoms with Crippen LogP contribution < -0.4 is 0 Å². The molecule has 0 aliphatic carbocycles. The first-order valence-corrected chi connectivity index (χ1v) is 8.29. The van der Waals surface area contributed by atoms with Crippen LogP contribution in [0.5, 0.6) is 0 Å². The number of aromatic nitrogens is 4. The van der Waals surface area contributed by atoms with Crippen molar-refractivity contribution in [1.29, 1.82) is 0 Å². The van der Waals surface area contributed by atoms with Crippen LogP contribution in [-0.2, 0) is 18.4 Å². The summed E-state index contributed by atoms with van der Waals surface area (Å²) in [6.45, 7) is 2.59. The molecule has 0 saturated heterocycles. The molecule has 0 bridgehead atoms. The van der Waals surface area contributed by atoms with Crippen LogP contribution in [0.25, 0.3) is 11.6 Å². The number of carbonyl (C=O) groups excluding carboxylic acids is 1. The van der Waals surface area contributed by atoms with Crippen molar-refractivity contribution in [2.24, 2.45) is 7.05 Å². The van der Waals surface area contributed by atoms with Gasteiger partial charge in [-0.1, -0.05) is 24.6 Å². The Morgan fingerprint density at radius 1 is 1.10 bits per heavy atom. The topological polar surface area (TPSA) is 52.7 Å². The maximum atomic E-state index is 10.8. The van der Waals surface area contributed by atoms with Crippen LogP contribution in [0, 0.1) is 0 Å². The average molecular weight is 306 g/mol. The predicted octanol–water partition coefficient (Wildman–Crippen LogP) is 3.12. The zero-order valence-corrected chi connectivity index (χ0v) is 13.5. The molecule has 2 aromatic heterocycles. The fraction of sp³-hybridized carbons (Fsp3) is 0.533. The summed E-state index contributed by atoms with van der Waals surface area (Å²) in [6, 6.07) is 0. The lowest BCUT2D eigenvalue weighted by molar-refractivity contribution is -0.109. The van der Waals surface area contributed by atoms with Gasteiger partial charge in [0.15, 0.2) is 16.8 Å². The van der Waals surface area contributed by atoms with Crippen molar-refractivity contribution >= 4 is 16.9 Å². The lowest BCUT2D eigenvalue weighted by Crippen LogP contribution is -2.03. The average Bonchev–Trinajstić information content (AvgIpc) is 3.05. The van der Waals surface area contributed by atoms with E-state index in [4.69, 9.17) is 0 Å². The van der Waals surface area contributed by atoms with Crippen molar-refractivity contribution in [3.63, 3.8) is 0 Å². The van der Waals surface area contributed by atoms with Gasteiger partial charge < -0.3 is 9.13 Å². The van der Waals surface area contributed by atoms with Crippen molar-refractivity contribution in [2.75, 3.05) is 5.75 Å². The summed E-state index contributed by atoms with van der Waals surface area (Å²) >= 11 is 1.42. The highest BCUT2D eigenvalue weighted by atomic mass is 32.2. The number of aryl methyl sites for hydroxylation is 2. The molecule has 114 valence electrons. The van der Waals surface area contributed by atoms with Gasteiger partial charge in [0.1, 0.15) is 0 Å². The maximum Gasteiger partial charge on any atom is 0.185 e. The normalized spacial score (nSPS) is 11.0. The Kier molecular flexibility index (Phi) is 6.04. The first kappa shape index (κ1) is 15.8. The van der Waals surface area contributed by atoms with Crippen LogP contribution in [0.1, 0.15) is 32.6 Å². The molecule has 0 saturated carbocycles. The Bertz CT molecular complexity index is 576. The summed E-state index contributed by atoms with van der Waals surface area (Å²) in [7, 11) is 1.98. The number of hydrogen-bond donors (Lipinski definition) is 0. The van der Waals surface area contributed by atoms with Crippen LogP contribution >= 0.6 is 11.8 Å². The van der Waals surface area contributed by atoms with E-state index in [1.165, 1.54) is 24.6 Å². The van der Waals surface area contributed by atoms with Gasteiger partial charge >= 0.3 is 0 Å². The fourth-order valence-electron chi connectivity index (χ4n) is 2.23. The summed E-state index contributed by atoms with van der Waals surface area (Å²) in [5.41, 5.74) is 0. The Labute approximate surface area is 129 Å². The van der Waals surface area contributed by atoms with Crippen LogP contribution in [0.3, 0.4) is 0 Å². The highest BCUT2D eigenvalue weighted by Gasteiger charge is 2.09. The van der Waals surface area contributed by atoms with E-state index in [0.29, 0.717) is 0 Å². The minimum atomic E-state index is 0.216. The van der Waals surface area contributed by atoms with Gasteiger partial charge in [-0.15, -0.1) is 0 Å². The Balaban J connectivity index is 1.74.